The van der Waals surface area contributed by atoms with E-state index >= 15 is 0 Å². The molecule has 0 unspecified atom stereocenters. The molecule has 0 radical (unpaired) electrons. The van der Waals surface area contributed by atoms with E-state index in [4.69, 9.17) is 23.2 Å². The molecule has 0 aliphatic rings. The Morgan fingerprint density at radius 2 is 1.93 bits per heavy atom. The number of hydrogen-bond acceptors (Lipinski definition) is 6. The van der Waals surface area contributed by atoms with Gasteiger partial charge in [-0.1, -0.05) is 41.0 Å². The number of benzene rings is 1. The molecule has 0 aliphatic carbocycles. The van der Waals surface area contributed by atoms with E-state index in [2.05, 4.69) is 20.8 Å². The number of carbonyl (C=O) groups excluding carboxylic acids is 2. The van der Waals surface area contributed by atoms with Gasteiger partial charge in [0.1, 0.15) is 5.03 Å². The minimum absolute atomic E-state index is 0.123. The number of nitrogens with one attached hydrogen (secondary N) is 2. The van der Waals surface area contributed by atoms with E-state index in [1.807, 2.05) is 5.38 Å². The first-order valence-corrected chi connectivity index (χ1v) is 10.2. The van der Waals surface area contributed by atoms with Gasteiger partial charge in [-0.15, -0.1) is 21.5 Å². The van der Waals surface area contributed by atoms with Crippen LogP contribution < -0.4 is 10.6 Å². The van der Waals surface area contributed by atoms with Crippen LogP contribution in [0.4, 0.5) is 11.5 Å². The van der Waals surface area contributed by atoms with Crippen LogP contribution in [0.1, 0.15) is 9.67 Å². The van der Waals surface area contributed by atoms with E-state index in [1.54, 1.807) is 42.5 Å². The van der Waals surface area contributed by atoms with Crippen LogP contribution in [-0.4, -0.2) is 27.8 Å². The molecule has 10 heteroatoms. The molecule has 2 amide bonds. The number of aromatic nitrogens is 2. The molecule has 0 saturated carbocycles. The molecule has 0 spiro atoms. The maximum absolute atomic E-state index is 12.1. The summed E-state index contributed by atoms with van der Waals surface area (Å²) in [6.07, 6.45) is 0. The Bertz CT molecular complexity index is 950. The number of rotatable bonds is 6. The number of nitrogens with zero attached hydrogens (tertiary/aromatic N) is 2. The Morgan fingerprint density at radius 1 is 1.07 bits per heavy atom. The summed E-state index contributed by atoms with van der Waals surface area (Å²) in [5.41, 5.74) is 0.451. The average molecular weight is 439 g/mol. The number of thioether (sulfide) groups is 1. The number of hydrogen-bond donors (Lipinski definition) is 2. The number of amides is 2. The second-order valence-corrected chi connectivity index (χ2v) is 7.94. The van der Waals surface area contributed by atoms with Crippen LogP contribution in [0.5, 0.6) is 0 Å². The molecular weight excluding hydrogens is 427 g/mol. The fraction of sp³-hybridized carbons (Fsp3) is 0.0588. The molecule has 0 aliphatic heterocycles. The minimum atomic E-state index is -0.249. The Kier molecular flexibility index (Phi) is 6.68. The number of halogens is 2. The van der Waals surface area contributed by atoms with E-state index in [0.29, 0.717) is 31.5 Å². The van der Waals surface area contributed by atoms with Crippen molar-refractivity contribution >= 4 is 69.6 Å². The standard InChI is InChI=1S/C17H12Cl2N4O2S2/c18-10-3-4-11(19)12(8-10)20-15(24)9-27-16-6-5-14(22-23-16)21-17(25)13-2-1-7-26-13/h1-8H,9H2,(H,20,24)(H,21,22,25). The molecule has 0 saturated heterocycles. The molecule has 6 nitrogen and oxygen atoms in total. The largest absolute Gasteiger partial charge is 0.324 e. The highest BCUT2D eigenvalue weighted by Gasteiger charge is 2.10. The van der Waals surface area contributed by atoms with Crippen molar-refractivity contribution in [3.8, 4) is 0 Å². The smallest absolute Gasteiger partial charge is 0.266 e. The lowest BCUT2D eigenvalue weighted by Gasteiger charge is -2.07. The zero-order valence-corrected chi connectivity index (χ0v) is 16.8. The van der Waals surface area contributed by atoms with Crippen molar-refractivity contribution in [1.29, 1.82) is 0 Å². The van der Waals surface area contributed by atoms with Gasteiger partial charge in [0, 0.05) is 5.02 Å². The second kappa shape index (κ2) is 9.18. The van der Waals surface area contributed by atoms with Gasteiger partial charge in [-0.3, -0.25) is 9.59 Å². The highest BCUT2D eigenvalue weighted by Crippen LogP contribution is 2.26. The lowest BCUT2D eigenvalue weighted by molar-refractivity contribution is -0.113. The summed E-state index contributed by atoms with van der Waals surface area (Å²) in [4.78, 5) is 24.6. The van der Waals surface area contributed by atoms with Gasteiger partial charge in [0.2, 0.25) is 5.91 Å². The van der Waals surface area contributed by atoms with E-state index in [9.17, 15) is 9.59 Å². The van der Waals surface area contributed by atoms with Gasteiger partial charge >= 0.3 is 0 Å². The molecule has 0 bridgehead atoms. The molecule has 2 N–H and O–H groups in total. The van der Waals surface area contributed by atoms with Crippen molar-refractivity contribution in [1.82, 2.24) is 10.2 Å². The predicted molar refractivity (Wildman–Crippen MR) is 110 cm³/mol. The Balaban J connectivity index is 1.51. The Labute approximate surface area is 173 Å². The van der Waals surface area contributed by atoms with Gasteiger partial charge in [0.25, 0.3) is 5.91 Å². The van der Waals surface area contributed by atoms with Crippen molar-refractivity contribution in [3.63, 3.8) is 0 Å². The van der Waals surface area contributed by atoms with E-state index in [-0.39, 0.29) is 17.6 Å². The van der Waals surface area contributed by atoms with Crippen LogP contribution in [-0.2, 0) is 4.79 Å². The number of thiophene rings is 1. The normalized spacial score (nSPS) is 10.4. The van der Waals surface area contributed by atoms with Crippen molar-refractivity contribution in [2.45, 2.75) is 5.03 Å². The molecule has 27 heavy (non-hydrogen) atoms. The summed E-state index contributed by atoms with van der Waals surface area (Å²) in [6.45, 7) is 0. The number of carbonyl (C=O) groups is 2. The van der Waals surface area contributed by atoms with Gasteiger partial charge in [-0.25, -0.2) is 0 Å². The van der Waals surface area contributed by atoms with Crippen molar-refractivity contribution < 1.29 is 9.59 Å². The highest BCUT2D eigenvalue weighted by atomic mass is 35.5. The van der Waals surface area contributed by atoms with Crippen molar-refractivity contribution in [2.75, 3.05) is 16.4 Å². The molecule has 0 fully saturated rings. The molecule has 138 valence electrons. The zero-order chi connectivity index (χ0) is 19.2. The van der Waals surface area contributed by atoms with Crippen molar-refractivity contribution in [3.05, 3.63) is 62.8 Å². The SMILES string of the molecule is O=C(CSc1ccc(NC(=O)c2cccs2)nn1)Nc1cc(Cl)ccc1Cl. The summed E-state index contributed by atoms with van der Waals surface area (Å²) in [5.74, 6) is -0.0234. The predicted octanol–water partition coefficient (Wildman–Crippen LogP) is 4.83. The van der Waals surface area contributed by atoms with Crippen LogP contribution >= 0.6 is 46.3 Å². The highest BCUT2D eigenvalue weighted by molar-refractivity contribution is 7.99. The summed E-state index contributed by atoms with van der Waals surface area (Å²) in [6, 6.07) is 11.7. The fourth-order valence-electron chi connectivity index (χ4n) is 1.97. The molecule has 0 atom stereocenters. The lowest BCUT2D eigenvalue weighted by atomic mass is 10.3. The first-order chi connectivity index (χ1) is 13.0. The molecule has 2 heterocycles. The van der Waals surface area contributed by atoms with Crippen LogP contribution in [0.15, 0.2) is 52.9 Å². The third-order valence-electron chi connectivity index (χ3n) is 3.18. The molecular formula is C17H12Cl2N4O2S2. The van der Waals surface area contributed by atoms with Crippen LogP contribution in [0.2, 0.25) is 10.0 Å². The molecule has 3 rings (SSSR count). The minimum Gasteiger partial charge on any atom is -0.324 e. The first kappa shape index (κ1) is 19.6. The third kappa shape index (κ3) is 5.67. The average Bonchev–Trinajstić information content (AvgIpc) is 3.19. The maximum atomic E-state index is 12.1. The Hall–Kier alpha value is -2.13. The Morgan fingerprint density at radius 3 is 2.63 bits per heavy atom. The molecule has 1 aromatic carbocycles. The summed E-state index contributed by atoms with van der Waals surface area (Å²) in [5, 5.41) is 16.6. The van der Waals surface area contributed by atoms with Gasteiger partial charge in [0.05, 0.1) is 21.3 Å². The zero-order valence-electron chi connectivity index (χ0n) is 13.6. The van der Waals surface area contributed by atoms with Crippen LogP contribution in [0.3, 0.4) is 0 Å². The first-order valence-electron chi connectivity index (χ1n) is 7.57. The quantitative estimate of drug-likeness (QED) is 0.538. The van der Waals surface area contributed by atoms with Crippen LogP contribution in [0.25, 0.3) is 0 Å². The van der Waals surface area contributed by atoms with Gasteiger partial charge in [0.15, 0.2) is 5.82 Å². The van der Waals surface area contributed by atoms with Gasteiger partial charge < -0.3 is 10.6 Å². The van der Waals surface area contributed by atoms with Gasteiger partial charge in [-0.2, -0.15) is 0 Å². The second-order valence-electron chi connectivity index (χ2n) is 5.15. The summed E-state index contributed by atoms with van der Waals surface area (Å²) >= 11 is 14.5. The lowest BCUT2D eigenvalue weighted by Crippen LogP contribution is -2.14. The van der Waals surface area contributed by atoms with Gasteiger partial charge in [-0.05, 0) is 41.8 Å². The summed E-state index contributed by atoms with van der Waals surface area (Å²) < 4.78 is 0. The van der Waals surface area contributed by atoms with E-state index < -0.39 is 0 Å². The molecule has 3 aromatic rings. The summed E-state index contributed by atoms with van der Waals surface area (Å²) in [7, 11) is 0. The number of anilines is 2. The van der Waals surface area contributed by atoms with Crippen LogP contribution in [0, 0.1) is 0 Å². The monoisotopic (exact) mass is 438 g/mol. The fourth-order valence-corrected chi connectivity index (χ4v) is 3.54. The van der Waals surface area contributed by atoms with E-state index in [0.717, 1.165) is 0 Å². The molecule has 2 aromatic heterocycles. The van der Waals surface area contributed by atoms with E-state index in [1.165, 1.54) is 23.1 Å². The van der Waals surface area contributed by atoms with Crippen molar-refractivity contribution in [2.24, 2.45) is 0 Å². The maximum Gasteiger partial charge on any atom is 0.266 e. The third-order valence-corrected chi connectivity index (χ3v) is 5.53. The topological polar surface area (TPSA) is 84.0 Å².